The molecule has 2 aromatic carbocycles. The van der Waals surface area contributed by atoms with Crippen LogP contribution in [0.3, 0.4) is 0 Å². The van der Waals surface area contributed by atoms with Gasteiger partial charge in [-0.05, 0) is 24.3 Å². The third-order valence-corrected chi connectivity index (χ3v) is 3.90. The van der Waals surface area contributed by atoms with Crippen molar-refractivity contribution < 1.29 is 19.2 Å². The van der Waals surface area contributed by atoms with Gasteiger partial charge in [-0.1, -0.05) is 40.4 Å². The zero-order chi connectivity index (χ0) is 17.4. The molecular weight excluding hydrogens is 355 g/mol. The maximum atomic E-state index is 12.3. The summed E-state index contributed by atoms with van der Waals surface area (Å²) in [6, 6.07) is 10.4. The minimum absolute atomic E-state index is 0.124. The summed E-state index contributed by atoms with van der Waals surface area (Å²) in [4.78, 5) is 41.5. The smallest absolute Gasteiger partial charge is 0.324 e. The van der Waals surface area contributed by atoms with Crippen LogP contribution in [0.1, 0.15) is 36.6 Å². The van der Waals surface area contributed by atoms with Crippen molar-refractivity contribution in [2.24, 2.45) is 0 Å². The quantitative estimate of drug-likeness (QED) is 0.767. The maximum Gasteiger partial charge on any atom is 0.366 e. The van der Waals surface area contributed by atoms with Crippen LogP contribution in [0.2, 0.25) is 10.0 Å². The summed E-state index contributed by atoms with van der Waals surface area (Å²) in [6.45, 7) is 0. The van der Waals surface area contributed by atoms with E-state index in [1.165, 1.54) is 24.3 Å². The van der Waals surface area contributed by atoms with Crippen molar-refractivity contribution >= 4 is 41.0 Å². The van der Waals surface area contributed by atoms with Crippen molar-refractivity contribution in [3.05, 3.63) is 68.7 Å². The molecule has 0 fully saturated rings. The van der Waals surface area contributed by atoms with Gasteiger partial charge in [-0.25, -0.2) is 4.79 Å². The summed E-state index contributed by atoms with van der Waals surface area (Å²) in [6.07, 6.45) is 0. The Bertz CT molecular complexity index is 891. The number of carbonyl (C=O) groups is 3. The first-order valence-electron chi connectivity index (χ1n) is 6.53. The summed E-state index contributed by atoms with van der Waals surface area (Å²) in [5, 5.41) is 8.94. The van der Waals surface area contributed by atoms with Crippen molar-refractivity contribution in [1.29, 1.82) is 5.26 Å². The summed E-state index contributed by atoms with van der Waals surface area (Å²) in [5.41, 5.74) is 0.177. The van der Waals surface area contributed by atoms with Crippen LogP contribution in [0, 0.1) is 11.3 Å². The van der Waals surface area contributed by atoms with Gasteiger partial charge < -0.3 is 4.84 Å². The minimum Gasteiger partial charge on any atom is -0.324 e. The molecule has 0 spiro atoms. The third kappa shape index (κ3) is 2.50. The Labute approximate surface area is 145 Å². The SMILES string of the molecule is N#Cc1cc(Cl)c(C(=O)ON2C(=O)c3ccccc3C2=O)c(Cl)c1. The van der Waals surface area contributed by atoms with E-state index in [-0.39, 0.29) is 32.3 Å². The van der Waals surface area contributed by atoms with Gasteiger partial charge in [0.1, 0.15) is 0 Å². The fourth-order valence-corrected chi connectivity index (χ4v) is 2.85. The monoisotopic (exact) mass is 360 g/mol. The molecule has 0 radical (unpaired) electrons. The van der Waals surface area contributed by atoms with Crippen LogP contribution in [0.5, 0.6) is 0 Å². The van der Waals surface area contributed by atoms with E-state index >= 15 is 0 Å². The van der Waals surface area contributed by atoms with Crippen LogP contribution in [0.4, 0.5) is 0 Å². The Morgan fingerprint density at radius 2 is 1.54 bits per heavy atom. The van der Waals surface area contributed by atoms with E-state index in [4.69, 9.17) is 33.3 Å². The second-order valence-electron chi connectivity index (χ2n) is 4.76. The molecule has 1 heterocycles. The van der Waals surface area contributed by atoms with E-state index < -0.39 is 17.8 Å². The zero-order valence-electron chi connectivity index (χ0n) is 11.7. The highest BCUT2D eigenvalue weighted by Crippen LogP contribution is 2.29. The fraction of sp³-hybridized carbons (Fsp3) is 0. The number of rotatable bonds is 2. The zero-order valence-corrected chi connectivity index (χ0v) is 13.3. The number of carbonyl (C=O) groups excluding carboxylic acids is 3. The number of imide groups is 1. The molecule has 0 bridgehead atoms. The Balaban J connectivity index is 1.91. The lowest BCUT2D eigenvalue weighted by Crippen LogP contribution is -2.32. The summed E-state index contributed by atoms with van der Waals surface area (Å²) >= 11 is 11.9. The van der Waals surface area contributed by atoms with Gasteiger partial charge in [0.05, 0.1) is 38.4 Å². The number of benzene rings is 2. The predicted molar refractivity (Wildman–Crippen MR) is 83.5 cm³/mol. The van der Waals surface area contributed by atoms with Crippen molar-refractivity contribution in [3.63, 3.8) is 0 Å². The highest BCUT2D eigenvalue weighted by Gasteiger charge is 2.39. The molecule has 24 heavy (non-hydrogen) atoms. The minimum atomic E-state index is -1.08. The van der Waals surface area contributed by atoms with Gasteiger partial charge in [-0.15, -0.1) is 0 Å². The van der Waals surface area contributed by atoms with Gasteiger partial charge in [0.15, 0.2) is 0 Å². The van der Waals surface area contributed by atoms with Crippen molar-refractivity contribution in [2.75, 3.05) is 0 Å². The number of hydrogen-bond donors (Lipinski definition) is 0. The molecule has 2 amide bonds. The van der Waals surface area contributed by atoms with E-state index in [0.29, 0.717) is 5.06 Å². The topological polar surface area (TPSA) is 87.5 Å². The number of fused-ring (bicyclic) bond motifs is 1. The lowest BCUT2D eigenvalue weighted by molar-refractivity contribution is -0.0584. The van der Waals surface area contributed by atoms with Crippen LogP contribution < -0.4 is 0 Å². The van der Waals surface area contributed by atoms with E-state index in [1.54, 1.807) is 12.1 Å². The Morgan fingerprint density at radius 3 is 2.00 bits per heavy atom. The second kappa shape index (κ2) is 5.96. The van der Waals surface area contributed by atoms with Crippen LogP contribution in [-0.2, 0) is 4.84 Å². The molecule has 2 aromatic rings. The first kappa shape index (κ1) is 16.0. The summed E-state index contributed by atoms with van der Waals surface area (Å²) in [5.74, 6) is -2.60. The number of amides is 2. The van der Waals surface area contributed by atoms with Crippen molar-refractivity contribution in [1.82, 2.24) is 5.06 Å². The second-order valence-corrected chi connectivity index (χ2v) is 5.57. The molecule has 118 valence electrons. The largest absolute Gasteiger partial charge is 0.366 e. The van der Waals surface area contributed by atoms with E-state index in [1.807, 2.05) is 6.07 Å². The maximum absolute atomic E-state index is 12.3. The third-order valence-electron chi connectivity index (χ3n) is 3.31. The standard InChI is InChI=1S/C16H6Cl2N2O4/c17-11-5-8(7-19)6-12(18)13(11)16(23)24-20-14(21)9-3-1-2-4-10(9)15(20)22/h1-6H. The number of nitriles is 1. The Hall–Kier alpha value is -2.88. The lowest BCUT2D eigenvalue weighted by Gasteiger charge is -2.14. The molecule has 6 nitrogen and oxygen atoms in total. The molecule has 3 rings (SSSR count). The molecule has 8 heteroatoms. The molecule has 0 atom stereocenters. The van der Waals surface area contributed by atoms with Crippen molar-refractivity contribution in [2.45, 2.75) is 0 Å². The Morgan fingerprint density at radius 1 is 1.04 bits per heavy atom. The summed E-state index contributed by atoms with van der Waals surface area (Å²) < 4.78 is 0. The van der Waals surface area contributed by atoms with Gasteiger partial charge in [-0.2, -0.15) is 5.26 Å². The molecule has 0 saturated heterocycles. The average Bonchev–Trinajstić information content (AvgIpc) is 2.79. The molecule has 0 N–H and O–H groups in total. The lowest BCUT2D eigenvalue weighted by atomic mass is 10.1. The summed E-state index contributed by atoms with van der Waals surface area (Å²) in [7, 11) is 0. The van der Waals surface area contributed by atoms with Crippen molar-refractivity contribution in [3.8, 4) is 6.07 Å². The van der Waals surface area contributed by atoms with Gasteiger partial charge in [0, 0.05) is 0 Å². The van der Waals surface area contributed by atoms with Crippen LogP contribution in [0.25, 0.3) is 0 Å². The molecule has 1 aliphatic heterocycles. The Kier molecular flexibility index (Phi) is 3.97. The number of nitrogens with zero attached hydrogens (tertiary/aromatic N) is 2. The highest BCUT2D eigenvalue weighted by atomic mass is 35.5. The highest BCUT2D eigenvalue weighted by molar-refractivity contribution is 6.39. The van der Waals surface area contributed by atoms with E-state index in [2.05, 4.69) is 0 Å². The molecule has 0 saturated carbocycles. The van der Waals surface area contributed by atoms with Crippen LogP contribution in [-0.4, -0.2) is 22.8 Å². The van der Waals surface area contributed by atoms with Gasteiger partial charge in [-0.3, -0.25) is 9.59 Å². The van der Waals surface area contributed by atoms with Gasteiger partial charge in [0.25, 0.3) is 11.8 Å². The molecule has 0 unspecified atom stereocenters. The first-order valence-corrected chi connectivity index (χ1v) is 7.29. The first-order chi connectivity index (χ1) is 11.4. The van der Waals surface area contributed by atoms with E-state index in [0.717, 1.165) is 0 Å². The number of halogens is 2. The number of hydroxylamine groups is 2. The molecule has 0 aliphatic carbocycles. The predicted octanol–water partition coefficient (Wildman–Crippen LogP) is 3.23. The molecule has 0 aromatic heterocycles. The van der Waals surface area contributed by atoms with Gasteiger partial charge >= 0.3 is 5.97 Å². The average molecular weight is 361 g/mol. The molecule has 1 aliphatic rings. The van der Waals surface area contributed by atoms with Crippen LogP contribution >= 0.6 is 23.2 Å². The molecular formula is C16H6Cl2N2O4. The van der Waals surface area contributed by atoms with Gasteiger partial charge in [0.2, 0.25) is 0 Å². The normalized spacial score (nSPS) is 12.8. The fourth-order valence-electron chi connectivity index (χ4n) is 2.21. The van der Waals surface area contributed by atoms with Crippen LogP contribution in [0.15, 0.2) is 36.4 Å². The van der Waals surface area contributed by atoms with E-state index in [9.17, 15) is 14.4 Å². The number of hydrogen-bond acceptors (Lipinski definition) is 5.